The summed E-state index contributed by atoms with van der Waals surface area (Å²) in [4.78, 5) is 23.4. The zero-order valence-corrected chi connectivity index (χ0v) is 11.0. The van der Waals surface area contributed by atoms with Crippen LogP contribution in [0.1, 0.15) is 18.7 Å². The molecule has 2 aromatic rings. The van der Waals surface area contributed by atoms with Crippen LogP contribution in [-0.4, -0.2) is 15.7 Å². The molecule has 0 aromatic carbocycles. The Morgan fingerprint density at radius 1 is 1.37 bits per heavy atom. The summed E-state index contributed by atoms with van der Waals surface area (Å²) in [5.74, 6) is 0.827. The van der Waals surface area contributed by atoms with Crippen LogP contribution < -0.4 is 16.6 Å². The summed E-state index contributed by atoms with van der Waals surface area (Å²) in [7, 11) is 1.62. The van der Waals surface area contributed by atoms with Gasteiger partial charge in [0.2, 0.25) is 0 Å². The van der Waals surface area contributed by atoms with E-state index in [0.717, 1.165) is 5.76 Å². The maximum atomic E-state index is 11.8. The highest BCUT2D eigenvalue weighted by molar-refractivity contribution is 5.02. The molecule has 0 saturated heterocycles. The number of hydrogen-bond donors (Lipinski definition) is 1. The summed E-state index contributed by atoms with van der Waals surface area (Å²) in [5.41, 5.74) is -0.587. The van der Waals surface area contributed by atoms with Crippen molar-refractivity contribution >= 4 is 0 Å². The molecule has 1 N–H and O–H groups in total. The monoisotopic (exact) mass is 263 g/mol. The minimum Gasteiger partial charge on any atom is -0.468 e. The average Bonchev–Trinajstić information content (AvgIpc) is 2.92. The van der Waals surface area contributed by atoms with E-state index < -0.39 is 0 Å². The lowest BCUT2D eigenvalue weighted by Gasteiger charge is -2.12. The number of aromatic nitrogens is 2. The summed E-state index contributed by atoms with van der Waals surface area (Å²) in [6, 6.07) is 5.13. The van der Waals surface area contributed by atoms with E-state index in [2.05, 4.69) is 5.32 Å². The van der Waals surface area contributed by atoms with Gasteiger partial charge in [-0.05, 0) is 19.1 Å². The van der Waals surface area contributed by atoms with Gasteiger partial charge in [-0.3, -0.25) is 9.36 Å². The van der Waals surface area contributed by atoms with Crippen molar-refractivity contribution in [3.8, 4) is 0 Å². The molecule has 2 heterocycles. The molecule has 19 heavy (non-hydrogen) atoms. The van der Waals surface area contributed by atoms with Gasteiger partial charge in [0, 0.05) is 32.4 Å². The molecule has 0 aliphatic heterocycles. The molecule has 2 aromatic heterocycles. The molecule has 6 nitrogen and oxygen atoms in total. The van der Waals surface area contributed by atoms with E-state index in [1.54, 1.807) is 13.3 Å². The second-order valence-corrected chi connectivity index (χ2v) is 4.39. The molecule has 0 radical (unpaired) electrons. The van der Waals surface area contributed by atoms with Crippen molar-refractivity contribution in [2.75, 3.05) is 6.54 Å². The van der Waals surface area contributed by atoms with Crippen molar-refractivity contribution in [3.63, 3.8) is 0 Å². The van der Waals surface area contributed by atoms with Crippen molar-refractivity contribution in [3.05, 3.63) is 57.3 Å². The first-order valence-corrected chi connectivity index (χ1v) is 6.13. The first-order chi connectivity index (χ1) is 9.09. The largest absolute Gasteiger partial charge is 0.468 e. The van der Waals surface area contributed by atoms with Crippen LogP contribution in [0.25, 0.3) is 0 Å². The third kappa shape index (κ3) is 3.03. The van der Waals surface area contributed by atoms with Gasteiger partial charge in [-0.25, -0.2) is 4.79 Å². The normalized spacial score (nSPS) is 12.5. The first-order valence-electron chi connectivity index (χ1n) is 6.13. The minimum atomic E-state index is -0.306. The topological polar surface area (TPSA) is 69.2 Å². The summed E-state index contributed by atoms with van der Waals surface area (Å²) in [6.45, 7) is 2.81. The van der Waals surface area contributed by atoms with Crippen LogP contribution in [0.5, 0.6) is 0 Å². The van der Waals surface area contributed by atoms with Crippen molar-refractivity contribution in [2.45, 2.75) is 19.5 Å². The van der Waals surface area contributed by atoms with Crippen molar-refractivity contribution in [1.82, 2.24) is 14.5 Å². The zero-order chi connectivity index (χ0) is 13.8. The van der Waals surface area contributed by atoms with Crippen LogP contribution in [0.3, 0.4) is 0 Å². The van der Waals surface area contributed by atoms with E-state index >= 15 is 0 Å². The Morgan fingerprint density at radius 2 is 2.16 bits per heavy atom. The van der Waals surface area contributed by atoms with Gasteiger partial charge < -0.3 is 14.3 Å². The quantitative estimate of drug-likeness (QED) is 0.852. The van der Waals surface area contributed by atoms with E-state index in [1.807, 2.05) is 19.1 Å². The number of hydrogen-bond acceptors (Lipinski definition) is 4. The third-order valence-electron chi connectivity index (χ3n) is 3.00. The average molecular weight is 263 g/mol. The van der Waals surface area contributed by atoms with Crippen molar-refractivity contribution < 1.29 is 4.42 Å². The number of rotatable bonds is 5. The van der Waals surface area contributed by atoms with Crippen molar-refractivity contribution in [2.24, 2.45) is 7.05 Å². The Labute approximate surface area is 110 Å². The molecule has 1 unspecified atom stereocenters. The number of aryl methyl sites for hydroxylation is 1. The molecular weight excluding hydrogens is 246 g/mol. The molecule has 0 bridgehead atoms. The number of furan rings is 1. The Morgan fingerprint density at radius 3 is 2.84 bits per heavy atom. The van der Waals surface area contributed by atoms with Gasteiger partial charge in [-0.15, -0.1) is 0 Å². The molecule has 0 spiro atoms. The van der Waals surface area contributed by atoms with E-state index in [4.69, 9.17) is 4.42 Å². The van der Waals surface area contributed by atoms with Gasteiger partial charge in [0.15, 0.2) is 0 Å². The van der Waals surface area contributed by atoms with E-state index in [0.29, 0.717) is 13.1 Å². The molecule has 0 amide bonds. The van der Waals surface area contributed by atoms with Crippen LogP contribution >= 0.6 is 0 Å². The summed E-state index contributed by atoms with van der Waals surface area (Å²) < 4.78 is 7.86. The lowest BCUT2D eigenvalue weighted by atomic mass is 10.2. The smallest absolute Gasteiger partial charge is 0.330 e. The maximum Gasteiger partial charge on any atom is 0.330 e. The fourth-order valence-corrected chi connectivity index (χ4v) is 1.85. The summed E-state index contributed by atoms with van der Waals surface area (Å²) in [6.07, 6.45) is 3.09. The second-order valence-electron chi connectivity index (χ2n) is 4.39. The highest BCUT2D eigenvalue weighted by Gasteiger charge is 2.08. The number of nitrogens with one attached hydrogen (secondary N) is 1. The van der Waals surface area contributed by atoms with Gasteiger partial charge in [-0.1, -0.05) is 0 Å². The SMILES string of the molecule is CC(NCCn1c(=O)ccn(C)c1=O)c1ccco1. The summed E-state index contributed by atoms with van der Waals surface area (Å²) >= 11 is 0. The van der Waals surface area contributed by atoms with E-state index in [1.165, 1.54) is 21.4 Å². The van der Waals surface area contributed by atoms with Gasteiger partial charge in [0.1, 0.15) is 5.76 Å². The van der Waals surface area contributed by atoms with Gasteiger partial charge in [0.05, 0.1) is 12.3 Å². The van der Waals surface area contributed by atoms with Crippen LogP contribution in [0.2, 0.25) is 0 Å². The summed E-state index contributed by atoms with van der Waals surface area (Å²) in [5, 5.41) is 3.21. The molecule has 102 valence electrons. The third-order valence-corrected chi connectivity index (χ3v) is 3.00. The standard InChI is InChI=1S/C13H17N3O3/c1-10(11-4-3-9-19-11)14-6-8-16-12(17)5-7-15(2)13(16)18/h3-5,7,9-10,14H,6,8H2,1-2H3. The fourth-order valence-electron chi connectivity index (χ4n) is 1.85. The predicted molar refractivity (Wildman–Crippen MR) is 71.1 cm³/mol. The predicted octanol–water partition coefficient (Wildman–Crippen LogP) is 0.491. The van der Waals surface area contributed by atoms with E-state index in [9.17, 15) is 9.59 Å². The first kappa shape index (κ1) is 13.4. The Hall–Kier alpha value is -2.08. The lowest BCUT2D eigenvalue weighted by molar-refractivity contribution is 0.419. The fraction of sp³-hybridized carbons (Fsp3) is 0.385. The van der Waals surface area contributed by atoms with Gasteiger partial charge in [-0.2, -0.15) is 0 Å². The Kier molecular flexibility index (Phi) is 4.01. The highest BCUT2D eigenvalue weighted by Crippen LogP contribution is 2.11. The van der Waals surface area contributed by atoms with Crippen LogP contribution in [-0.2, 0) is 13.6 Å². The highest BCUT2D eigenvalue weighted by atomic mass is 16.3. The second kappa shape index (κ2) is 5.71. The zero-order valence-electron chi connectivity index (χ0n) is 11.0. The van der Waals surface area contributed by atoms with Crippen LogP contribution in [0, 0.1) is 0 Å². The van der Waals surface area contributed by atoms with Crippen LogP contribution in [0.4, 0.5) is 0 Å². The van der Waals surface area contributed by atoms with Gasteiger partial charge >= 0.3 is 5.69 Å². The minimum absolute atomic E-state index is 0.0401. The van der Waals surface area contributed by atoms with Gasteiger partial charge in [0.25, 0.3) is 5.56 Å². The molecule has 2 rings (SSSR count). The molecule has 6 heteroatoms. The molecule has 0 fully saturated rings. The van der Waals surface area contributed by atoms with E-state index in [-0.39, 0.29) is 17.3 Å². The maximum absolute atomic E-state index is 11.8. The lowest BCUT2D eigenvalue weighted by Crippen LogP contribution is -2.40. The van der Waals surface area contributed by atoms with Crippen molar-refractivity contribution in [1.29, 1.82) is 0 Å². The molecular formula is C13H17N3O3. The Bertz CT molecular complexity index is 640. The Balaban J connectivity index is 1.99. The van der Waals surface area contributed by atoms with Crippen LogP contribution in [0.15, 0.2) is 44.7 Å². The molecule has 0 saturated carbocycles. The molecule has 0 aliphatic rings. The number of nitrogens with zero attached hydrogens (tertiary/aromatic N) is 2. The molecule has 0 aliphatic carbocycles. The molecule has 1 atom stereocenters.